The first-order valence-electron chi connectivity index (χ1n) is 3.25. The van der Waals surface area contributed by atoms with E-state index in [-0.39, 0.29) is 0 Å². The molecule has 10 heavy (non-hydrogen) atoms. The van der Waals surface area contributed by atoms with Gasteiger partial charge in [-0.1, -0.05) is 6.08 Å². The largest absolute Gasteiger partial charge is 0.363 e. The lowest BCUT2D eigenvalue weighted by Crippen LogP contribution is -2.17. The van der Waals surface area contributed by atoms with Crippen molar-refractivity contribution in [2.24, 2.45) is 4.99 Å². The molecule has 3 nitrogen and oxygen atoms in total. The summed E-state index contributed by atoms with van der Waals surface area (Å²) < 4.78 is 0. The summed E-state index contributed by atoms with van der Waals surface area (Å²) in [7, 11) is 0. The molecule has 0 fully saturated rings. The van der Waals surface area contributed by atoms with Gasteiger partial charge >= 0.3 is 0 Å². The number of allylic oxidation sites excluding steroid dienone is 1. The maximum atomic E-state index is 8.65. The molecule has 0 unspecified atom stereocenters. The Morgan fingerprint density at radius 3 is 2.50 bits per heavy atom. The zero-order valence-corrected chi connectivity index (χ0v) is 6.28. The van der Waals surface area contributed by atoms with E-state index in [9.17, 15) is 0 Å². The van der Waals surface area contributed by atoms with E-state index in [0.29, 0.717) is 12.3 Å². The van der Waals surface area contributed by atoms with Crippen LogP contribution in [0.3, 0.4) is 0 Å². The molecule has 3 heteroatoms. The number of aliphatic hydroxyl groups is 2. The second kappa shape index (κ2) is 5.14. The fourth-order valence-electron chi connectivity index (χ4n) is 0.574. The molecule has 2 N–H and O–H groups in total. The molecule has 0 amide bonds. The van der Waals surface area contributed by atoms with E-state index < -0.39 is 6.29 Å². The van der Waals surface area contributed by atoms with Gasteiger partial charge in [0.15, 0.2) is 6.29 Å². The lowest BCUT2D eigenvalue weighted by Gasteiger charge is -2.01. The van der Waals surface area contributed by atoms with E-state index in [2.05, 4.69) is 4.99 Å². The summed E-state index contributed by atoms with van der Waals surface area (Å²) in [6.45, 7) is 4.21. The number of aliphatic imine (C=N–C) groups is 1. The van der Waals surface area contributed by atoms with E-state index in [1.165, 1.54) is 0 Å². The maximum Gasteiger partial charge on any atom is 0.195 e. The fraction of sp³-hybridized carbons (Fsp3) is 0.571. The molecule has 0 aliphatic rings. The molecule has 0 aliphatic carbocycles. The number of aliphatic hydroxyl groups excluding tert-OH is 1. The van der Waals surface area contributed by atoms with Crippen LogP contribution in [-0.2, 0) is 0 Å². The molecule has 0 heterocycles. The number of hydrogen-bond donors (Lipinski definition) is 2. The molecule has 0 aromatic heterocycles. The topological polar surface area (TPSA) is 52.8 Å². The van der Waals surface area contributed by atoms with E-state index in [4.69, 9.17) is 10.2 Å². The molecule has 0 atom stereocenters. The molecule has 0 aromatic rings. The van der Waals surface area contributed by atoms with Crippen LogP contribution >= 0.6 is 0 Å². The summed E-state index contributed by atoms with van der Waals surface area (Å²) in [6, 6.07) is 0. The zero-order chi connectivity index (χ0) is 7.98. The first-order chi connectivity index (χ1) is 4.72. The summed E-state index contributed by atoms with van der Waals surface area (Å²) in [5.74, 6) is 0. The van der Waals surface area contributed by atoms with Crippen molar-refractivity contribution >= 4 is 5.71 Å². The second-order valence-electron chi connectivity index (χ2n) is 1.77. The Bertz CT molecular complexity index is 139. The molecule has 0 saturated heterocycles. The van der Waals surface area contributed by atoms with Crippen molar-refractivity contribution < 1.29 is 10.2 Å². The highest BCUT2D eigenvalue weighted by Crippen LogP contribution is 1.87. The van der Waals surface area contributed by atoms with Crippen LogP contribution in [0.5, 0.6) is 0 Å². The van der Waals surface area contributed by atoms with Crippen LogP contribution in [0.1, 0.15) is 13.8 Å². The summed E-state index contributed by atoms with van der Waals surface area (Å²) in [4.78, 5) is 3.84. The Kier molecular flexibility index (Phi) is 4.80. The zero-order valence-electron chi connectivity index (χ0n) is 6.28. The monoisotopic (exact) mass is 143 g/mol. The lowest BCUT2D eigenvalue weighted by atomic mass is 10.3. The predicted octanol–water partition coefficient (Wildman–Crippen LogP) is 0.334. The van der Waals surface area contributed by atoms with Gasteiger partial charge in [0.2, 0.25) is 0 Å². The summed E-state index contributed by atoms with van der Waals surface area (Å²) >= 11 is 0. The van der Waals surface area contributed by atoms with E-state index in [1.807, 2.05) is 6.92 Å². The quantitative estimate of drug-likeness (QED) is 0.442. The van der Waals surface area contributed by atoms with Crippen LogP contribution in [0, 0.1) is 0 Å². The Morgan fingerprint density at radius 2 is 2.20 bits per heavy atom. The third-order valence-electron chi connectivity index (χ3n) is 0.943. The molecule has 0 saturated carbocycles. The van der Waals surface area contributed by atoms with Gasteiger partial charge in [0.1, 0.15) is 0 Å². The van der Waals surface area contributed by atoms with Crippen LogP contribution in [0.15, 0.2) is 17.1 Å². The standard InChI is InChI=1S/C7H13NO2/c1-3-5-6(7(9)10)8-4-2/h3,5,7,9-10H,4H2,1-2H3/b5-3-,8-6?. The average Bonchev–Trinajstić information content (AvgIpc) is 1.87. The van der Waals surface area contributed by atoms with Crippen molar-refractivity contribution in [1.29, 1.82) is 0 Å². The molecule has 0 aromatic carbocycles. The third kappa shape index (κ3) is 3.37. The van der Waals surface area contributed by atoms with Gasteiger partial charge in [0, 0.05) is 6.54 Å². The molecule has 0 spiro atoms. The highest BCUT2D eigenvalue weighted by Gasteiger charge is 2.01. The molecule has 0 bridgehead atoms. The number of hydrogen-bond acceptors (Lipinski definition) is 3. The molecule has 0 aliphatic heterocycles. The molecular formula is C7H13NO2. The highest BCUT2D eigenvalue weighted by molar-refractivity contribution is 5.97. The minimum atomic E-state index is -1.45. The van der Waals surface area contributed by atoms with Crippen molar-refractivity contribution in [3.8, 4) is 0 Å². The minimum absolute atomic E-state index is 0.310. The van der Waals surface area contributed by atoms with Crippen molar-refractivity contribution in [2.75, 3.05) is 6.54 Å². The van der Waals surface area contributed by atoms with E-state index >= 15 is 0 Å². The highest BCUT2D eigenvalue weighted by atomic mass is 16.5. The maximum absolute atomic E-state index is 8.65. The van der Waals surface area contributed by atoms with Gasteiger partial charge < -0.3 is 10.2 Å². The number of nitrogens with zero attached hydrogens (tertiary/aromatic N) is 1. The van der Waals surface area contributed by atoms with Crippen LogP contribution in [0.4, 0.5) is 0 Å². The van der Waals surface area contributed by atoms with Crippen LogP contribution < -0.4 is 0 Å². The first-order valence-corrected chi connectivity index (χ1v) is 3.25. The van der Waals surface area contributed by atoms with Gasteiger partial charge in [-0.25, -0.2) is 0 Å². The average molecular weight is 143 g/mol. The Balaban J connectivity index is 4.11. The SMILES string of the molecule is C/C=C\C(=NCC)C(O)O. The minimum Gasteiger partial charge on any atom is -0.363 e. The normalized spacial score (nSPS) is 13.5. The van der Waals surface area contributed by atoms with Gasteiger partial charge in [-0.2, -0.15) is 0 Å². The molecular weight excluding hydrogens is 130 g/mol. The Hall–Kier alpha value is -0.670. The van der Waals surface area contributed by atoms with Crippen molar-refractivity contribution in [3.63, 3.8) is 0 Å². The van der Waals surface area contributed by atoms with Crippen molar-refractivity contribution in [3.05, 3.63) is 12.2 Å². The molecule has 0 radical (unpaired) electrons. The van der Waals surface area contributed by atoms with E-state index in [1.54, 1.807) is 19.1 Å². The summed E-state index contributed by atoms with van der Waals surface area (Å²) in [5.41, 5.74) is 0.310. The Morgan fingerprint density at radius 1 is 1.60 bits per heavy atom. The van der Waals surface area contributed by atoms with Gasteiger partial charge in [0.05, 0.1) is 5.71 Å². The Labute approximate surface area is 60.7 Å². The third-order valence-corrected chi connectivity index (χ3v) is 0.943. The lowest BCUT2D eigenvalue weighted by molar-refractivity contribution is 0.0203. The van der Waals surface area contributed by atoms with Gasteiger partial charge in [0.25, 0.3) is 0 Å². The summed E-state index contributed by atoms with van der Waals surface area (Å²) in [5, 5.41) is 17.3. The predicted molar refractivity (Wildman–Crippen MR) is 41.0 cm³/mol. The van der Waals surface area contributed by atoms with Crippen LogP contribution in [-0.4, -0.2) is 28.8 Å². The fourth-order valence-corrected chi connectivity index (χ4v) is 0.574. The molecule has 58 valence electrons. The first kappa shape index (κ1) is 9.33. The van der Waals surface area contributed by atoms with E-state index in [0.717, 1.165) is 0 Å². The van der Waals surface area contributed by atoms with Crippen molar-refractivity contribution in [1.82, 2.24) is 0 Å². The van der Waals surface area contributed by atoms with Crippen molar-refractivity contribution in [2.45, 2.75) is 20.1 Å². The van der Waals surface area contributed by atoms with Gasteiger partial charge in [-0.3, -0.25) is 4.99 Å². The smallest absolute Gasteiger partial charge is 0.195 e. The summed E-state index contributed by atoms with van der Waals surface area (Å²) in [6.07, 6.45) is 1.85. The second-order valence-corrected chi connectivity index (χ2v) is 1.77. The van der Waals surface area contributed by atoms with Gasteiger partial charge in [-0.15, -0.1) is 0 Å². The molecule has 0 rings (SSSR count). The van der Waals surface area contributed by atoms with Gasteiger partial charge in [-0.05, 0) is 19.9 Å². The van der Waals surface area contributed by atoms with Crippen LogP contribution in [0.25, 0.3) is 0 Å². The van der Waals surface area contributed by atoms with Crippen LogP contribution in [0.2, 0.25) is 0 Å². The number of rotatable bonds is 3.